The summed E-state index contributed by atoms with van der Waals surface area (Å²) in [6, 6.07) is 0. The molecule has 0 aromatic heterocycles. The average molecular weight is 253 g/mol. The van der Waals surface area contributed by atoms with Gasteiger partial charge in [-0.15, -0.1) is 0 Å². The SMILES string of the molecule is CCCC=NC1(C)C2=C(C=C[C@H](C)C2)CC1C1C#C1. The zero-order valence-electron chi connectivity index (χ0n) is 12.2. The number of nitrogens with zero attached hydrogens (tertiary/aromatic N) is 1. The lowest BCUT2D eigenvalue weighted by Crippen LogP contribution is -2.34. The highest BCUT2D eigenvalue weighted by molar-refractivity contribution is 5.60. The monoisotopic (exact) mass is 253 g/mol. The standard InChI is InChI=1S/C18H23N/c1-4-5-10-19-18(3)16-11-13(2)6-7-15(16)12-17(18)14-8-9-14/h6-7,10,13-14,17H,4-5,11-12H2,1-3H3/t13-,17?,18?/m0/s1. The predicted molar refractivity (Wildman–Crippen MR) is 81.1 cm³/mol. The van der Waals surface area contributed by atoms with Crippen molar-refractivity contribution in [1.82, 2.24) is 0 Å². The Bertz CT molecular complexity index is 518. The number of aliphatic imine (C=N–C) groups is 1. The molecule has 0 saturated heterocycles. The molecule has 1 nitrogen and oxygen atoms in total. The van der Waals surface area contributed by atoms with Crippen molar-refractivity contribution in [3.05, 3.63) is 23.3 Å². The molecule has 0 aliphatic heterocycles. The van der Waals surface area contributed by atoms with Gasteiger partial charge in [-0.2, -0.15) is 0 Å². The Kier molecular flexibility index (Phi) is 3.13. The van der Waals surface area contributed by atoms with E-state index in [-0.39, 0.29) is 5.54 Å². The maximum absolute atomic E-state index is 5.01. The number of rotatable bonds is 4. The molecular weight excluding hydrogens is 230 g/mol. The van der Waals surface area contributed by atoms with E-state index in [0.29, 0.717) is 17.8 Å². The lowest BCUT2D eigenvalue weighted by molar-refractivity contribution is 0.344. The molecule has 3 aliphatic carbocycles. The van der Waals surface area contributed by atoms with E-state index in [4.69, 9.17) is 4.99 Å². The second-order valence-corrected chi connectivity index (χ2v) is 6.37. The van der Waals surface area contributed by atoms with E-state index < -0.39 is 0 Å². The molecule has 0 fully saturated rings. The van der Waals surface area contributed by atoms with E-state index in [9.17, 15) is 0 Å². The molecule has 0 N–H and O–H groups in total. The van der Waals surface area contributed by atoms with Crippen molar-refractivity contribution in [3.8, 4) is 11.8 Å². The Hall–Kier alpha value is -1.29. The van der Waals surface area contributed by atoms with Crippen molar-refractivity contribution in [2.75, 3.05) is 0 Å². The minimum Gasteiger partial charge on any atom is -0.286 e. The maximum atomic E-state index is 5.01. The Labute approximate surface area is 116 Å². The summed E-state index contributed by atoms with van der Waals surface area (Å²) in [7, 11) is 0. The molecule has 3 aliphatic rings. The number of hydrogen-bond donors (Lipinski definition) is 0. The predicted octanol–water partition coefficient (Wildman–Crippen LogP) is 4.16. The van der Waals surface area contributed by atoms with E-state index in [0.717, 1.165) is 12.8 Å². The topological polar surface area (TPSA) is 12.4 Å². The minimum absolute atomic E-state index is 0.00924. The van der Waals surface area contributed by atoms with Gasteiger partial charge >= 0.3 is 0 Å². The highest BCUT2D eigenvalue weighted by Gasteiger charge is 2.49. The molecule has 100 valence electrons. The van der Waals surface area contributed by atoms with Crippen LogP contribution in [-0.4, -0.2) is 11.8 Å². The van der Waals surface area contributed by atoms with E-state index in [1.807, 2.05) is 0 Å². The molecule has 0 radical (unpaired) electrons. The summed E-state index contributed by atoms with van der Waals surface area (Å²) in [6.07, 6.45) is 11.4. The first-order valence-electron chi connectivity index (χ1n) is 7.60. The highest BCUT2D eigenvalue weighted by atomic mass is 14.9. The van der Waals surface area contributed by atoms with Gasteiger partial charge in [0.15, 0.2) is 0 Å². The molecule has 0 spiro atoms. The van der Waals surface area contributed by atoms with Gasteiger partial charge in [0.05, 0.1) is 11.5 Å². The number of hydrogen-bond acceptors (Lipinski definition) is 1. The molecule has 0 aromatic carbocycles. The van der Waals surface area contributed by atoms with Crippen molar-refractivity contribution < 1.29 is 0 Å². The van der Waals surface area contributed by atoms with Gasteiger partial charge in [0.25, 0.3) is 0 Å². The fourth-order valence-electron chi connectivity index (χ4n) is 3.53. The molecule has 19 heavy (non-hydrogen) atoms. The van der Waals surface area contributed by atoms with Crippen LogP contribution in [0.2, 0.25) is 0 Å². The van der Waals surface area contributed by atoms with Crippen LogP contribution in [-0.2, 0) is 0 Å². The largest absolute Gasteiger partial charge is 0.286 e. The van der Waals surface area contributed by atoms with Gasteiger partial charge in [-0.05, 0) is 49.5 Å². The van der Waals surface area contributed by atoms with Crippen LogP contribution in [0, 0.1) is 29.6 Å². The average Bonchev–Trinajstić information content (AvgIpc) is 3.18. The van der Waals surface area contributed by atoms with E-state index in [1.54, 1.807) is 5.57 Å². The molecule has 0 heterocycles. The van der Waals surface area contributed by atoms with E-state index in [2.05, 4.69) is 51.0 Å². The Morgan fingerprint density at radius 2 is 2.21 bits per heavy atom. The zero-order valence-corrected chi connectivity index (χ0v) is 12.2. The summed E-state index contributed by atoms with van der Waals surface area (Å²) < 4.78 is 0. The molecule has 2 unspecified atom stereocenters. The number of allylic oxidation sites excluding steroid dienone is 3. The van der Waals surface area contributed by atoms with Crippen LogP contribution in [0.3, 0.4) is 0 Å². The minimum atomic E-state index is -0.00924. The van der Waals surface area contributed by atoms with Crippen molar-refractivity contribution in [3.63, 3.8) is 0 Å². The first kappa shape index (κ1) is 12.7. The summed E-state index contributed by atoms with van der Waals surface area (Å²) in [4.78, 5) is 5.01. The first-order valence-corrected chi connectivity index (χ1v) is 7.60. The van der Waals surface area contributed by atoms with Gasteiger partial charge in [0.1, 0.15) is 0 Å². The van der Waals surface area contributed by atoms with Crippen LogP contribution >= 0.6 is 0 Å². The third-order valence-corrected chi connectivity index (χ3v) is 4.80. The summed E-state index contributed by atoms with van der Waals surface area (Å²) in [6.45, 7) is 6.84. The van der Waals surface area contributed by atoms with Crippen molar-refractivity contribution in [2.24, 2.45) is 22.7 Å². The van der Waals surface area contributed by atoms with Gasteiger partial charge in [-0.1, -0.05) is 44.3 Å². The summed E-state index contributed by atoms with van der Waals surface area (Å²) in [5.74, 6) is 8.19. The zero-order chi connectivity index (χ0) is 13.5. The van der Waals surface area contributed by atoms with Crippen molar-refractivity contribution in [1.29, 1.82) is 0 Å². The molecule has 1 heteroatoms. The third kappa shape index (κ3) is 2.18. The van der Waals surface area contributed by atoms with E-state index in [1.165, 1.54) is 18.4 Å². The molecular formula is C18H23N. The fourth-order valence-corrected chi connectivity index (χ4v) is 3.53. The Morgan fingerprint density at radius 1 is 1.42 bits per heavy atom. The van der Waals surface area contributed by atoms with Crippen LogP contribution in [0.25, 0.3) is 0 Å². The second-order valence-electron chi connectivity index (χ2n) is 6.37. The van der Waals surface area contributed by atoms with Gasteiger partial charge in [-0.25, -0.2) is 0 Å². The van der Waals surface area contributed by atoms with Crippen LogP contribution < -0.4 is 0 Å². The second kappa shape index (κ2) is 4.67. The van der Waals surface area contributed by atoms with Crippen molar-refractivity contribution in [2.45, 2.75) is 52.0 Å². The molecule has 0 aromatic rings. The van der Waals surface area contributed by atoms with Gasteiger partial charge < -0.3 is 0 Å². The molecule has 3 atom stereocenters. The number of unbranched alkanes of at least 4 members (excludes halogenated alkanes) is 1. The van der Waals surface area contributed by atoms with Crippen LogP contribution in [0.4, 0.5) is 0 Å². The van der Waals surface area contributed by atoms with Crippen LogP contribution in [0.1, 0.15) is 46.5 Å². The van der Waals surface area contributed by atoms with Gasteiger partial charge in [-0.3, -0.25) is 4.99 Å². The smallest absolute Gasteiger partial charge is 0.0869 e. The normalized spacial score (nSPS) is 36.6. The third-order valence-electron chi connectivity index (χ3n) is 4.80. The Morgan fingerprint density at radius 3 is 2.89 bits per heavy atom. The molecule has 0 amide bonds. The first-order chi connectivity index (χ1) is 9.15. The molecule has 0 bridgehead atoms. The molecule has 3 rings (SSSR count). The van der Waals surface area contributed by atoms with E-state index >= 15 is 0 Å². The highest BCUT2D eigenvalue weighted by Crippen LogP contribution is 2.52. The Balaban J connectivity index is 1.90. The quantitative estimate of drug-likeness (QED) is 0.527. The van der Waals surface area contributed by atoms with Crippen LogP contribution in [0.5, 0.6) is 0 Å². The van der Waals surface area contributed by atoms with Crippen LogP contribution in [0.15, 0.2) is 28.3 Å². The van der Waals surface area contributed by atoms with Crippen molar-refractivity contribution >= 4 is 6.21 Å². The summed E-state index contributed by atoms with van der Waals surface area (Å²) in [5.41, 5.74) is 3.11. The van der Waals surface area contributed by atoms with Gasteiger partial charge in [0, 0.05) is 5.92 Å². The maximum Gasteiger partial charge on any atom is 0.0869 e. The molecule has 0 saturated carbocycles. The lowest BCUT2D eigenvalue weighted by atomic mass is 9.77. The fraction of sp³-hybridized carbons (Fsp3) is 0.611. The lowest BCUT2D eigenvalue weighted by Gasteiger charge is -2.32. The van der Waals surface area contributed by atoms with Gasteiger partial charge in [0.2, 0.25) is 0 Å². The summed E-state index contributed by atoms with van der Waals surface area (Å²) >= 11 is 0. The summed E-state index contributed by atoms with van der Waals surface area (Å²) in [5, 5.41) is 0.